The van der Waals surface area contributed by atoms with Crippen LogP contribution < -0.4 is 5.32 Å². The first-order chi connectivity index (χ1) is 12.2. The summed E-state index contributed by atoms with van der Waals surface area (Å²) in [6.45, 7) is 5.57. The van der Waals surface area contributed by atoms with Crippen molar-refractivity contribution in [2.45, 2.75) is 52.3 Å². The molecule has 8 heteroatoms. The van der Waals surface area contributed by atoms with E-state index in [1.807, 2.05) is 6.92 Å². The number of hydrogen-bond donors (Lipinski definition) is 1. The van der Waals surface area contributed by atoms with E-state index >= 15 is 0 Å². The first kappa shape index (κ1) is 18.4. The summed E-state index contributed by atoms with van der Waals surface area (Å²) < 4.78 is 39.5. The maximum atomic E-state index is 12.7. The van der Waals surface area contributed by atoms with Crippen LogP contribution in [0, 0.1) is 19.8 Å². The standard InChI is InChI=1S/C18H21F3N4O/c1-10(13-4-5-13)23-17(26)8-15-11(2)24-25(12(15)3)16-7-6-14(9-22-16)18(19,20)21/h6-7,9-10,13H,4-5,8H2,1-3H3,(H,23,26)/t10-/m0/s1. The molecule has 2 aromatic heterocycles. The van der Waals surface area contributed by atoms with Crippen LogP contribution in [0.1, 0.15) is 42.3 Å². The quantitative estimate of drug-likeness (QED) is 0.883. The predicted molar refractivity (Wildman–Crippen MR) is 89.9 cm³/mol. The average molecular weight is 366 g/mol. The van der Waals surface area contributed by atoms with Crippen LogP contribution in [-0.2, 0) is 17.4 Å². The number of alkyl halides is 3. The molecule has 1 N–H and O–H groups in total. The SMILES string of the molecule is Cc1nn(-c2ccc(C(F)(F)F)cn2)c(C)c1CC(=O)N[C@@H](C)C1CC1. The van der Waals surface area contributed by atoms with Crippen molar-refractivity contribution >= 4 is 5.91 Å². The Morgan fingerprint density at radius 1 is 1.35 bits per heavy atom. The molecule has 1 atom stereocenters. The van der Waals surface area contributed by atoms with Crippen LogP contribution in [0.3, 0.4) is 0 Å². The fraction of sp³-hybridized carbons (Fsp3) is 0.500. The van der Waals surface area contributed by atoms with Crippen LogP contribution in [0.15, 0.2) is 18.3 Å². The van der Waals surface area contributed by atoms with Gasteiger partial charge in [0.25, 0.3) is 0 Å². The summed E-state index contributed by atoms with van der Waals surface area (Å²) in [7, 11) is 0. The lowest BCUT2D eigenvalue weighted by Crippen LogP contribution is -2.35. The van der Waals surface area contributed by atoms with E-state index in [4.69, 9.17) is 0 Å². The zero-order valence-corrected chi connectivity index (χ0v) is 14.9. The monoisotopic (exact) mass is 366 g/mol. The Hall–Kier alpha value is -2.38. The highest BCUT2D eigenvalue weighted by atomic mass is 19.4. The van der Waals surface area contributed by atoms with Gasteiger partial charge in [-0.3, -0.25) is 4.79 Å². The van der Waals surface area contributed by atoms with E-state index in [0.717, 1.165) is 30.7 Å². The number of carbonyl (C=O) groups excluding carboxylic acids is 1. The van der Waals surface area contributed by atoms with Gasteiger partial charge in [-0.05, 0) is 51.7 Å². The van der Waals surface area contributed by atoms with Crippen LogP contribution in [0.4, 0.5) is 13.2 Å². The van der Waals surface area contributed by atoms with Gasteiger partial charge in [-0.25, -0.2) is 9.67 Å². The molecule has 3 rings (SSSR count). The molecule has 5 nitrogen and oxygen atoms in total. The van der Waals surface area contributed by atoms with E-state index in [1.54, 1.807) is 13.8 Å². The molecule has 1 saturated carbocycles. The predicted octanol–water partition coefficient (Wildman–Crippen LogP) is 3.36. The van der Waals surface area contributed by atoms with Crippen LogP contribution in [-0.4, -0.2) is 26.7 Å². The topological polar surface area (TPSA) is 59.8 Å². The second-order valence-corrected chi connectivity index (χ2v) is 6.83. The molecule has 0 spiro atoms. The zero-order valence-electron chi connectivity index (χ0n) is 14.9. The summed E-state index contributed by atoms with van der Waals surface area (Å²) >= 11 is 0. The van der Waals surface area contributed by atoms with Gasteiger partial charge in [0.1, 0.15) is 0 Å². The van der Waals surface area contributed by atoms with Gasteiger partial charge in [-0.1, -0.05) is 0 Å². The third-order valence-electron chi connectivity index (χ3n) is 4.79. The van der Waals surface area contributed by atoms with Crippen LogP contribution >= 0.6 is 0 Å². The van der Waals surface area contributed by atoms with Crippen molar-refractivity contribution in [1.29, 1.82) is 0 Å². The van der Waals surface area contributed by atoms with Gasteiger partial charge in [0.2, 0.25) is 5.91 Å². The summed E-state index contributed by atoms with van der Waals surface area (Å²) in [5.41, 5.74) is 1.33. The summed E-state index contributed by atoms with van der Waals surface area (Å²) in [6, 6.07) is 2.42. The number of amides is 1. The molecule has 0 saturated heterocycles. The average Bonchev–Trinajstić information content (AvgIpc) is 3.37. The maximum Gasteiger partial charge on any atom is 0.417 e. The summed E-state index contributed by atoms with van der Waals surface area (Å²) in [6.07, 6.45) is -1.15. The van der Waals surface area contributed by atoms with Crippen LogP contribution in [0.25, 0.3) is 5.82 Å². The molecule has 0 aliphatic heterocycles. The number of aromatic nitrogens is 3. The number of halogens is 3. The van der Waals surface area contributed by atoms with Crippen molar-refractivity contribution in [3.63, 3.8) is 0 Å². The molecule has 26 heavy (non-hydrogen) atoms. The highest BCUT2D eigenvalue weighted by Gasteiger charge is 2.31. The van der Waals surface area contributed by atoms with Crippen molar-refractivity contribution in [2.75, 3.05) is 0 Å². The summed E-state index contributed by atoms with van der Waals surface area (Å²) in [4.78, 5) is 16.1. The number of nitrogens with zero attached hydrogens (tertiary/aromatic N) is 3. The fourth-order valence-corrected chi connectivity index (χ4v) is 3.01. The Morgan fingerprint density at radius 2 is 2.04 bits per heavy atom. The van der Waals surface area contributed by atoms with Crippen LogP contribution in [0.2, 0.25) is 0 Å². The van der Waals surface area contributed by atoms with Gasteiger partial charge in [0, 0.05) is 23.5 Å². The van der Waals surface area contributed by atoms with Crippen molar-refractivity contribution in [3.8, 4) is 5.82 Å². The van der Waals surface area contributed by atoms with E-state index in [0.29, 0.717) is 17.3 Å². The third-order valence-corrected chi connectivity index (χ3v) is 4.79. The Labute approximate surface area is 149 Å². The molecule has 0 bridgehead atoms. The van der Waals surface area contributed by atoms with Gasteiger partial charge in [-0.15, -0.1) is 0 Å². The molecule has 1 fully saturated rings. The van der Waals surface area contributed by atoms with Crippen molar-refractivity contribution < 1.29 is 18.0 Å². The van der Waals surface area contributed by atoms with Gasteiger partial charge in [0.15, 0.2) is 5.82 Å². The highest BCUT2D eigenvalue weighted by Crippen LogP contribution is 2.32. The lowest BCUT2D eigenvalue weighted by atomic mass is 10.1. The van der Waals surface area contributed by atoms with Gasteiger partial charge >= 0.3 is 6.18 Å². The number of carbonyl (C=O) groups is 1. The minimum atomic E-state index is -4.43. The van der Waals surface area contributed by atoms with Crippen molar-refractivity contribution in [3.05, 3.63) is 40.8 Å². The van der Waals surface area contributed by atoms with E-state index in [2.05, 4.69) is 15.4 Å². The Bertz CT molecular complexity index is 807. The van der Waals surface area contributed by atoms with Gasteiger partial charge in [0.05, 0.1) is 17.7 Å². The van der Waals surface area contributed by atoms with E-state index in [1.165, 1.54) is 10.7 Å². The molecule has 2 aromatic rings. The molecule has 0 unspecified atom stereocenters. The Balaban J connectivity index is 1.78. The first-order valence-corrected chi connectivity index (χ1v) is 8.55. The van der Waals surface area contributed by atoms with Crippen LogP contribution in [0.5, 0.6) is 0 Å². The smallest absolute Gasteiger partial charge is 0.353 e. The molecular weight excluding hydrogens is 345 g/mol. The minimum absolute atomic E-state index is 0.0736. The molecule has 0 radical (unpaired) electrons. The minimum Gasteiger partial charge on any atom is -0.353 e. The first-order valence-electron chi connectivity index (χ1n) is 8.55. The largest absolute Gasteiger partial charge is 0.417 e. The second kappa shape index (κ2) is 6.74. The maximum absolute atomic E-state index is 12.7. The molecule has 2 heterocycles. The lowest BCUT2D eigenvalue weighted by Gasteiger charge is -2.13. The normalized spacial score (nSPS) is 15.8. The lowest BCUT2D eigenvalue weighted by molar-refractivity contribution is -0.137. The number of pyridine rings is 1. The third kappa shape index (κ3) is 3.89. The Kier molecular flexibility index (Phi) is 4.77. The molecular formula is C18H21F3N4O. The number of nitrogens with one attached hydrogen (secondary N) is 1. The van der Waals surface area contributed by atoms with E-state index in [9.17, 15) is 18.0 Å². The van der Waals surface area contributed by atoms with E-state index < -0.39 is 11.7 Å². The van der Waals surface area contributed by atoms with Crippen molar-refractivity contribution in [1.82, 2.24) is 20.1 Å². The summed E-state index contributed by atoms with van der Waals surface area (Å²) in [5.74, 6) is 0.785. The van der Waals surface area contributed by atoms with Gasteiger partial charge < -0.3 is 5.32 Å². The molecule has 0 aromatic carbocycles. The highest BCUT2D eigenvalue weighted by molar-refractivity contribution is 5.79. The summed E-state index contributed by atoms with van der Waals surface area (Å²) in [5, 5.41) is 7.35. The molecule has 140 valence electrons. The Morgan fingerprint density at radius 3 is 2.58 bits per heavy atom. The van der Waals surface area contributed by atoms with E-state index in [-0.39, 0.29) is 24.2 Å². The number of rotatable bonds is 5. The zero-order chi connectivity index (χ0) is 19.1. The molecule has 1 aliphatic carbocycles. The van der Waals surface area contributed by atoms with Gasteiger partial charge in [-0.2, -0.15) is 18.3 Å². The number of aryl methyl sites for hydroxylation is 1. The van der Waals surface area contributed by atoms with Crippen molar-refractivity contribution in [2.24, 2.45) is 5.92 Å². The fourth-order valence-electron chi connectivity index (χ4n) is 3.01. The molecule has 1 amide bonds. The second-order valence-electron chi connectivity index (χ2n) is 6.83. The molecule has 1 aliphatic rings. The number of hydrogen-bond acceptors (Lipinski definition) is 3.